The highest BCUT2D eigenvalue weighted by Gasteiger charge is 2.28. The number of carbonyl (C=O) groups is 1. The van der Waals surface area contributed by atoms with Crippen LogP contribution in [-0.4, -0.2) is 44.8 Å². The first-order valence-corrected chi connectivity index (χ1v) is 8.91. The first-order valence-electron chi connectivity index (χ1n) is 6.60. The Bertz CT molecular complexity index is 585. The maximum atomic E-state index is 12.1. The minimum Gasteiger partial charge on any atom is -0.384 e. The Morgan fingerprint density at radius 3 is 2.71 bits per heavy atom. The van der Waals surface area contributed by atoms with Gasteiger partial charge in [0, 0.05) is 24.3 Å². The molecule has 21 heavy (non-hydrogen) atoms. The van der Waals surface area contributed by atoms with Gasteiger partial charge in [0.2, 0.25) is 0 Å². The van der Waals surface area contributed by atoms with Crippen LogP contribution in [0.5, 0.6) is 0 Å². The molecule has 0 fully saturated rings. The zero-order valence-electron chi connectivity index (χ0n) is 12.3. The van der Waals surface area contributed by atoms with E-state index < -0.39 is 15.0 Å². The predicted molar refractivity (Wildman–Crippen MR) is 79.0 cm³/mol. The molecule has 0 aliphatic rings. The van der Waals surface area contributed by atoms with E-state index in [4.69, 9.17) is 15.4 Å². The number of methoxy groups -OCH3 is 1. The van der Waals surface area contributed by atoms with Gasteiger partial charge in [-0.15, -0.1) is 0 Å². The molecule has 0 radical (unpaired) electrons. The van der Waals surface area contributed by atoms with E-state index >= 15 is 0 Å². The smallest absolute Gasteiger partial charge is 0.273 e. The number of hydrogen-bond acceptors (Lipinski definition) is 5. The second kappa shape index (κ2) is 7.77. The summed E-state index contributed by atoms with van der Waals surface area (Å²) in [4.78, 5) is 11.8. The van der Waals surface area contributed by atoms with E-state index in [2.05, 4.69) is 15.5 Å². The van der Waals surface area contributed by atoms with Crippen molar-refractivity contribution < 1.29 is 17.9 Å². The Morgan fingerprint density at radius 2 is 2.19 bits per heavy atom. The third kappa shape index (κ3) is 4.98. The molecule has 1 aromatic heterocycles. The van der Waals surface area contributed by atoms with E-state index in [9.17, 15) is 13.2 Å². The fourth-order valence-electron chi connectivity index (χ4n) is 1.90. The van der Waals surface area contributed by atoms with Gasteiger partial charge in [-0.3, -0.25) is 9.89 Å². The largest absolute Gasteiger partial charge is 0.384 e. The molecule has 1 amide bonds. The molecule has 0 aromatic carbocycles. The fraction of sp³-hybridized carbons (Fsp3) is 0.667. The Balaban J connectivity index is 2.94. The van der Waals surface area contributed by atoms with Crippen LogP contribution in [0.25, 0.3) is 0 Å². The van der Waals surface area contributed by atoms with Crippen molar-refractivity contribution in [1.82, 2.24) is 15.5 Å². The minimum atomic E-state index is -4.04. The number of carbonyl (C=O) groups excluding carboxylic acids is 1. The van der Waals surface area contributed by atoms with Gasteiger partial charge in [0.1, 0.15) is 4.90 Å². The van der Waals surface area contributed by atoms with E-state index in [1.165, 1.54) is 0 Å². The minimum absolute atomic E-state index is 0.101. The van der Waals surface area contributed by atoms with Crippen molar-refractivity contribution in [2.24, 2.45) is 5.92 Å². The van der Waals surface area contributed by atoms with Crippen molar-refractivity contribution in [3.05, 3.63) is 11.4 Å². The number of aromatic amines is 1. The van der Waals surface area contributed by atoms with Crippen LogP contribution >= 0.6 is 10.7 Å². The monoisotopic (exact) mass is 337 g/mol. The van der Waals surface area contributed by atoms with Gasteiger partial charge in [-0.2, -0.15) is 5.10 Å². The number of aromatic nitrogens is 2. The molecule has 9 heteroatoms. The normalized spacial score (nSPS) is 13.1. The number of nitrogens with one attached hydrogen (secondary N) is 2. The Morgan fingerprint density at radius 1 is 1.52 bits per heavy atom. The lowest BCUT2D eigenvalue weighted by Gasteiger charge is -2.10. The van der Waals surface area contributed by atoms with Crippen LogP contribution in [0, 0.1) is 5.92 Å². The molecule has 0 saturated heterocycles. The number of H-pyrrole nitrogens is 1. The molecule has 1 atom stereocenters. The third-order valence-corrected chi connectivity index (χ3v) is 4.20. The van der Waals surface area contributed by atoms with Crippen LogP contribution in [-0.2, 0) is 20.2 Å². The van der Waals surface area contributed by atoms with Gasteiger partial charge < -0.3 is 10.1 Å². The molecule has 0 aliphatic heterocycles. The Hall–Kier alpha value is -1.12. The fourth-order valence-corrected chi connectivity index (χ4v) is 3.21. The summed E-state index contributed by atoms with van der Waals surface area (Å²) in [5, 5.41) is 9.00. The van der Waals surface area contributed by atoms with Crippen LogP contribution in [0.1, 0.15) is 36.5 Å². The summed E-state index contributed by atoms with van der Waals surface area (Å²) in [6.07, 6.45) is 1.15. The molecule has 120 valence electrons. The second-order valence-corrected chi connectivity index (χ2v) is 7.34. The van der Waals surface area contributed by atoms with Crippen molar-refractivity contribution >= 4 is 25.6 Å². The first-order chi connectivity index (χ1) is 9.81. The molecule has 0 spiro atoms. The summed E-state index contributed by atoms with van der Waals surface area (Å²) in [5.74, 6) is -0.472. The highest BCUT2D eigenvalue weighted by atomic mass is 35.7. The Kier molecular flexibility index (Phi) is 6.63. The van der Waals surface area contributed by atoms with Crippen molar-refractivity contribution in [3.63, 3.8) is 0 Å². The lowest BCUT2D eigenvalue weighted by atomic mass is 10.2. The average Bonchev–Trinajstić information content (AvgIpc) is 2.80. The van der Waals surface area contributed by atoms with Gasteiger partial charge in [0.25, 0.3) is 15.0 Å². The number of halogens is 1. The predicted octanol–water partition coefficient (Wildman–Crippen LogP) is 1.30. The maximum absolute atomic E-state index is 12.1. The summed E-state index contributed by atoms with van der Waals surface area (Å²) in [7, 11) is 2.94. The SMILES string of the molecule is CCCc1[nH]nc(C(=O)NCC(C)COC)c1S(=O)(=O)Cl. The van der Waals surface area contributed by atoms with Gasteiger partial charge in [-0.1, -0.05) is 20.3 Å². The molecule has 2 N–H and O–H groups in total. The molecular formula is C12H20ClN3O4S. The average molecular weight is 338 g/mol. The molecule has 0 bridgehead atoms. The summed E-state index contributed by atoms with van der Waals surface area (Å²) >= 11 is 0. The zero-order chi connectivity index (χ0) is 16.0. The zero-order valence-corrected chi connectivity index (χ0v) is 13.8. The van der Waals surface area contributed by atoms with E-state index in [0.29, 0.717) is 31.7 Å². The molecule has 0 saturated carbocycles. The third-order valence-electron chi connectivity index (χ3n) is 2.81. The van der Waals surface area contributed by atoms with E-state index in [1.54, 1.807) is 7.11 Å². The molecule has 7 nitrogen and oxygen atoms in total. The van der Waals surface area contributed by atoms with E-state index in [-0.39, 0.29) is 16.5 Å². The lowest BCUT2D eigenvalue weighted by molar-refractivity contribution is 0.0926. The summed E-state index contributed by atoms with van der Waals surface area (Å²) in [6, 6.07) is 0. The summed E-state index contributed by atoms with van der Waals surface area (Å²) < 4.78 is 28.3. The molecule has 1 rings (SSSR count). The molecule has 1 unspecified atom stereocenters. The lowest BCUT2D eigenvalue weighted by Crippen LogP contribution is -2.31. The topological polar surface area (TPSA) is 101 Å². The number of ether oxygens (including phenoxy) is 1. The maximum Gasteiger partial charge on any atom is 0.273 e. The van der Waals surface area contributed by atoms with Gasteiger partial charge in [-0.05, 0) is 12.3 Å². The van der Waals surface area contributed by atoms with Crippen LogP contribution < -0.4 is 5.32 Å². The first kappa shape index (κ1) is 17.9. The quantitative estimate of drug-likeness (QED) is 0.696. The van der Waals surface area contributed by atoms with Crippen molar-refractivity contribution in [3.8, 4) is 0 Å². The number of hydrogen-bond donors (Lipinski definition) is 2. The summed E-state index contributed by atoms with van der Waals surface area (Å²) in [6.45, 7) is 4.63. The number of amides is 1. The Labute approximate surface area is 128 Å². The number of aryl methyl sites for hydroxylation is 1. The van der Waals surface area contributed by atoms with Gasteiger partial charge in [-0.25, -0.2) is 8.42 Å². The second-order valence-electron chi connectivity index (χ2n) is 4.84. The van der Waals surface area contributed by atoms with Crippen molar-refractivity contribution in [2.45, 2.75) is 31.6 Å². The van der Waals surface area contributed by atoms with Crippen LogP contribution in [0.15, 0.2) is 4.90 Å². The molecule has 0 aliphatic carbocycles. The number of nitrogens with zero attached hydrogens (tertiary/aromatic N) is 1. The van der Waals surface area contributed by atoms with Crippen LogP contribution in [0.2, 0.25) is 0 Å². The standard InChI is InChI=1S/C12H20ClN3O4S/c1-4-5-9-11(21(13,18)19)10(16-15-9)12(17)14-6-8(2)7-20-3/h8H,4-7H2,1-3H3,(H,14,17)(H,15,16). The highest BCUT2D eigenvalue weighted by molar-refractivity contribution is 8.13. The molecule has 1 heterocycles. The molecule has 1 aromatic rings. The van der Waals surface area contributed by atoms with Gasteiger partial charge in [0.15, 0.2) is 5.69 Å². The molecular weight excluding hydrogens is 318 g/mol. The van der Waals surface area contributed by atoms with E-state index in [1.807, 2.05) is 13.8 Å². The van der Waals surface area contributed by atoms with Crippen LogP contribution in [0.3, 0.4) is 0 Å². The van der Waals surface area contributed by atoms with Crippen LogP contribution in [0.4, 0.5) is 0 Å². The van der Waals surface area contributed by atoms with Gasteiger partial charge in [0.05, 0.1) is 12.3 Å². The highest BCUT2D eigenvalue weighted by Crippen LogP contribution is 2.23. The number of rotatable bonds is 8. The van der Waals surface area contributed by atoms with Gasteiger partial charge >= 0.3 is 0 Å². The summed E-state index contributed by atoms with van der Waals surface area (Å²) in [5.41, 5.74) is 0.153. The van der Waals surface area contributed by atoms with Crippen molar-refractivity contribution in [1.29, 1.82) is 0 Å². The van der Waals surface area contributed by atoms with E-state index in [0.717, 1.165) is 0 Å². The van der Waals surface area contributed by atoms with Crippen molar-refractivity contribution in [2.75, 3.05) is 20.3 Å².